The lowest BCUT2D eigenvalue weighted by Crippen LogP contribution is -2.61. The smallest absolute Gasteiger partial charge is 0.394 e. The molecule has 0 radical (unpaired) electrons. The normalized spacial score (nSPS) is 21.3. The number of allylic oxidation sites excluding steroid dienone is 3. The summed E-state index contributed by atoms with van der Waals surface area (Å²) in [5, 5.41) is 44.6. The van der Waals surface area contributed by atoms with Gasteiger partial charge in [0.15, 0.2) is 6.29 Å². The minimum atomic E-state index is -5.08. The molecule has 12 nitrogen and oxygen atoms in total. The van der Waals surface area contributed by atoms with Gasteiger partial charge in [-0.15, -0.1) is 0 Å². The molecule has 1 rings (SSSR count). The largest absolute Gasteiger partial charge is 0.397 e. The molecule has 6 N–H and O–H groups in total. The second-order valence-electron chi connectivity index (χ2n) is 16.3. The van der Waals surface area contributed by atoms with Crippen LogP contribution in [0.5, 0.6) is 0 Å². The lowest BCUT2D eigenvalue weighted by atomic mass is 9.99. The van der Waals surface area contributed by atoms with Gasteiger partial charge in [0.2, 0.25) is 5.91 Å². The van der Waals surface area contributed by atoms with E-state index in [1.807, 2.05) is 6.08 Å². The second-order valence-corrected chi connectivity index (χ2v) is 17.4. The molecule has 1 saturated heterocycles. The molecule has 1 heterocycles. The van der Waals surface area contributed by atoms with E-state index in [0.29, 0.717) is 6.42 Å². The van der Waals surface area contributed by atoms with Gasteiger partial charge in [0, 0.05) is 6.42 Å². The van der Waals surface area contributed by atoms with Crippen molar-refractivity contribution in [2.24, 2.45) is 0 Å². The summed E-state index contributed by atoms with van der Waals surface area (Å²) in [6.45, 7) is 3.33. The van der Waals surface area contributed by atoms with Crippen LogP contribution in [0.25, 0.3) is 0 Å². The molecule has 7 unspecified atom stereocenters. The summed E-state index contributed by atoms with van der Waals surface area (Å²) in [6.07, 6.45) is 32.3. The van der Waals surface area contributed by atoms with Gasteiger partial charge in [-0.1, -0.05) is 179 Å². The predicted octanol–water partition coefficient (Wildman–Crippen LogP) is 8.94. The Morgan fingerprint density at radius 2 is 1.12 bits per heavy atom. The van der Waals surface area contributed by atoms with Gasteiger partial charge in [0.05, 0.1) is 25.4 Å². The summed E-state index contributed by atoms with van der Waals surface area (Å²) in [4.78, 5) is 12.9. The number of carbonyl (C=O) groups is 1. The Bertz CT molecular complexity index is 1140. The van der Waals surface area contributed by atoms with Crippen molar-refractivity contribution < 1.29 is 51.8 Å². The van der Waals surface area contributed by atoms with Crippen LogP contribution < -0.4 is 5.32 Å². The van der Waals surface area contributed by atoms with Crippen LogP contribution in [0.3, 0.4) is 0 Å². The zero-order chi connectivity index (χ0) is 42.7. The SMILES string of the molecule is CCCC/C=C\CCCCCCC(=O)NC(COC1OC(CO)C(O)C(OS(=O)(=O)O)C1O)C(O)/C=C/CCCCCCCCCCCCCCCCCCCCC. The minimum Gasteiger partial charge on any atom is -0.394 e. The van der Waals surface area contributed by atoms with E-state index in [1.54, 1.807) is 6.08 Å². The van der Waals surface area contributed by atoms with Gasteiger partial charge in [-0.05, 0) is 38.5 Å². The summed E-state index contributed by atoms with van der Waals surface area (Å²) in [6, 6.07) is -0.946. The number of carbonyl (C=O) groups excluding carboxylic acids is 1. The molecule has 0 saturated carbocycles. The van der Waals surface area contributed by atoms with Crippen LogP contribution in [-0.2, 0) is 28.9 Å². The van der Waals surface area contributed by atoms with Crippen LogP contribution in [0.2, 0.25) is 0 Å². The fraction of sp³-hybridized carbons (Fsp3) is 0.889. The van der Waals surface area contributed by atoms with Crippen molar-refractivity contribution in [2.45, 2.75) is 243 Å². The van der Waals surface area contributed by atoms with Crippen molar-refractivity contribution >= 4 is 16.3 Å². The van der Waals surface area contributed by atoms with Crippen LogP contribution in [0.15, 0.2) is 24.3 Å². The Morgan fingerprint density at radius 1 is 0.672 bits per heavy atom. The topological polar surface area (TPSA) is 192 Å². The molecule has 7 atom stereocenters. The maximum Gasteiger partial charge on any atom is 0.397 e. The molecule has 0 aromatic rings. The maximum atomic E-state index is 12.9. The van der Waals surface area contributed by atoms with E-state index in [-0.39, 0.29) is 18.9 Å². The molecule has 1 amide bonds. The molecule has 0 bridgehead atoms. The summed E-state index contributed by atoms with van der Waals surface area (Å²) in [5.41, 5.74) is 0. The van der Waals surface area contributed by atoms with E-state index in [9.17, 15) is 33.6 Å². The molecule has 342 valence electrons. The zero-order valence-corrected chi connectivity index (χ0v) is 37.2. The highest BCUT2D eigenvalue weighted by Gasteiger charge is 2.48. The molecular formula is C45H85NO11S. The van der Waals surface area contributed by atoms with E-state index in [0.717, 1.165) is 51.4 Å². The van der Waals surface area contributed by atoms with Gasteiger partial charge in [-0.3, -0.25) is 9.35 Å². The third-order valence-corrected chi connectivity index (χ3v) is 11.4. The first-order valence-electron chi connectivity index (χ1n) is 23.2. The van der Waals surface area contributed by atoms with Crippen molar-refractivity contribution in [2.75, 3.05) is 13.2 Å². The standard InChI is InChI=1S/C45H85NO11S/c1-3-5-7-9-11-13-15-16-17-18-19-20-21-22-23-24-25-26-28-30-32-34-39(48)38(46-41(49)35-33-31-29-27-14-12-10-8-6-4-2)37-55-45-43(51)44(57-58(52,53)54)42(50)40(36-47)56-45/h10,12,32,34,38-40,42-45,47-48,50-51H,3-9,11,13-31,33,35-37H2,1-2H3,(H,46,49)(H,52,53,54)/b12-10-,34-32+. The second kappa shape index (κ2) is 36.3. The third-order valence-electron chi connectivity index (χ3n) is 11.0. The molecule has 0 aromatic heterocycles. The molecule has 1 aliphatic heterocycles. The Morgan fingerprint density at radius 3 is 1.60 bits per heavy atom. The molecule has 1 aliphatic rings. The number of unbranched alkanes of at least 4 members (excludes halogenated alkanes) is 25. The number of hydrogen-bond donors (Lipinski definition) is 6. The van der Waals surface area contributed by atoms with E-state index in [4.69, 9.17) is 14.0 Å². The number of aliphatic hydroxyl groups excluding tert-OH is 4. The van der Waals surface area contributed by atoms with Crippen molar-refractivity contribution in [3.8, 4) is 0 Å². The third kappa shape index (κ3) is 28.9. The van der Waals surface area contributed by atoms with Crippen molar-refractivity contribution in [1.82, 2.24) is 5.32 Å². The van der Waals surface area contributed by atoms with E-state index >= 15 is 0 Å². The van der Waals surface area contributed by atoms with Gasteiger partial charge in [0.25, 0.3) is 0 Å². The van der Waals surface area contributed by atoms with Crippen molar-refractivity contribution in [1.29, 1.82) is 0 Å². The maximum absolute atomic E-state index is 12.9. The molecule has 0 aliphatic carbocycles. The fourth-order valence-electron chi connectivity index (χ4n) is 7.32. The highest BCUT2D eigenvalue weighted by atomic mass is 32.3. The average molecular weight is 848 g/mol. The first kappa shape index (κ1) is 54.6. The van der Waals surface area contributed by atoms with E-state index in [1.165, 1.54) is 122 Å². The first-order chi connectivity index (χ1) is 28.0. The van der Waals surface area contributed by atoms with Gasteiger partial charge >= 0.3 is 10.4 Å². The lowest BCUT2D eigenvalue weighted by Gasteiger charge is -2.41. The quantitative estimate of drug-likeness (QED) is 0.0197. The lowest BCUT2D eigenvalue weighted by molar-refractivity contribution is -0.298. The summed E-state index contributed by atoms with van der Waals surface area (Å²) < 4.78 is 47.5. The van der Waals surface area contributed by atoms with Gasteiger partial charge < -0.3 is 35.2 Å². The number of aliphatic hydroxyl groups is 4. The number of ether oxygens (including phenoxy) is 2. The van der Waals surface area contributed by atoms with Crippen molar-refractivity contribution in [3.05, 3.63) is 24.3 Å². The van der Waals surface area contributed by atoms with Crippen LogP contribution in [0.1, 0.15) is 200 Å². The summed E-state index contributed by atoms with van der Waals surface area (Å²) in [7, 11) is -5.08. The summed E-state index contributed by atoms with van der Waals surface area (Å²) in [5.74, 6) is -0.277. The first-order valence-corrected chi connectivity index (χ1v) is 24.6. The van der Waals surface area contributed by atoms with Crippen LogP contribution in [0.4, 0.5) is 0 Å². The minimum absolute atomic E-state index is 0.254. The summed E-state index contributed by atoms with van der Waals surface area (Å²) >= 11 is 0. The monoisotopic (exact) mass is 848 g/mol. The number of hydrogen-bond acceptors (Lipinski definition) is 10. The molecule has 58 heavy (non-hydrogen) atoms. The average Bonchev–Trinajstić information content (AvgIpc) is 3.19. The van der Waals surface area contributed by atoms with Gasteiger partial charge in [-0.2, -0.15) is 8.42 Å². The van der Waals surface area contributed by atoms with Crippen LogP contribution in [0, 0.1) is 0 Å². The highest BCUT2D eigenvalue weighted by molar-refractivity contribution is 7.80. The van der Waals surface area contributed by atoms with E-state index in [2.05, 4.69) is 35.5 Å². The molecule has 1 fully saturated rings. The Balaban J connectivity index is 2.47. The Kier molecular flexibility index (Phi) is 34.1. The van der Waals surface area contributed by atoms with E-state index < -0.39 is 59.9 Å². The fourth-order valence-corrected chi connectivity index (χ4v) is 7.83. The molecule has 13 heteroatoms. The number of nitrogens with one attached hydrogen (secondary N) is 1. The van der Waals surface area contributed by atoms with Gasteiger partial charge in [-0.25, -0.2) is 4.18 Å². The predicted molar refractivity (Wildman–Crippen MR) is 232 cm³/mol. The van der Waals surface area contributed by atoms with Crippen molar-refractivity contribution in [3.63, 3.8) is 0 Å². The Labute approximate surface area is 352 Å². The number of rotatable bonds is 39. The zero-order valence-electron chi connectivity index (χ0n) is 36.4. The van der Waals surface area contributed by atoms with Gasteiger partial charge in [0.1, 0.15) is 24.4 Å². The Hall–Kier alpha value is -1.42. The number of amides is 1. The molecule has 0 aromatic carbocycles. The molecule has 0 spiro atoms. The highest BCUT2D eigenvalue weighted by Crippen LogP contribution is 2.26. The van der Waals surface area contributed by atoms with Crippen LogP contribution in [-0.4, -0.2) is 95.4 Å². The molecular weight excluding hydrogens is 763 g/mol. The van der Waals surface area contributed by atoms with Crippen LogP contribution >= 0.6 is 0 Å².